The molecule has 0 bridgehead atoms. The van der Waals surface area contributed by atoms with Crippen LogP contribution in [-0.4, -0.2) is 42.3 Å². The first-order valence-corrected chi connectivity index (χ1v) is 6.55. The molecular formula is C13H26N2O2. The Morgan fingerprint density at radius 3 is 2.71 bits per heavy atom. The lowest BCUT2D eigenvalue weighted by Gasteiger charge is -2.39. The largest absolute Gasteiger partial charge is 0.444 e. The molecule has 1 saturated heterocycles. The van der Waals surface area contributed by atoms with Crippen LogP contribution in [0.15, 0.2) is 0 Å². The molecule has 0 aliphatic carbocycles. The van der Waals surface area contributed by atoms with Crippen LogP contribution in [0.25, 0.3) is 0 Å². The van der Waals surface area contributed by atoms with Crippen LogP contribution in [-0.2, 0) is 4.74 Å². The minimum Gasteiger partial charge on any atom is -0.444 e. The van der Waals surface area contributed by atoms with Crippen molar-refractivity contribution in [2.75, 3.05) is 19.6 Å². The number of amides is 1. The fourth-order valence-electron chi connectivity index (χ4n) is 2.05. The highest BCUT2D eigenvalue weighted by Gasteiger charge is 2.32. The molecule has 4 heteroatoms. The van der Waals surface area contributed by atoms with Crippen molar-refractivity contribution < 1.29 is 9.53 Å². The van der Waals surface area contributed by atoms with Gasteiger partial charge in [-0.2, -0.15) is 0 Å². The Kier molecular flexibility index (Phi) is 4.80. The average molecular weight is 242 g/mol. The fourth-order valence-corrected chi connectivity index (χ4v) is 2.05. The Bertz CT molecular complexity index is 261. The van der Waals surface area contributed by atoms with Gasteiger partial charge in [-0.15, -0.1) is 0 Å². The zero-order valence-electron chi connectivity index (χ0n) is 11.7. The number of rotatable bonds is 2. The molecule has 4 nitrogen and oxygen atoms in total. The molecule has 1 N–H and O–H groups in total. The number of carbonyl (C=O) groups excluding carboxylic acids is 1. The third-order valence-electron chi connectivity index (χ3n) is 3.21. The van der Waals surface area contributed by atoms with Crippen molar-refractivity contribution in [3.05, 3.63) is 0 Å². The molecule has 1 fully saturated rings. The van der Waals surface area contributed by atoms with Gasteiger partial charge in [0.05, 0.1) is 6.04 Å². The zero-order chi connectivity index (χ0) is 13.1. The summed E-state index contributed by atoms with van der Waals surface area (Å²) < 4.78 is 5.46. The van der Waals surface area contributed by atoms with Crippen LogP contribution in [0, 0.1) is 5.92 Å². The first-order chi connectivity index (χ1) is 7.85. The Morgan fingerprint density at radius 2 is 2.18 bits per heavy atom. The summed E-state index contributed by atoms with van der Waals surface area (Å²) in [5.74, 6) is 0.496. The van der Waals surface area contributed by atoms with Crippen molar-refractivity contribution in [1.82, 2.24) is 10.2 Å². The summed E-state index contributed by atoms with van der Waals surface area (Å²) in [7, 11) is 0. The second-order valence-electron chi connectivity index (χ2n) is 5.83. The molecule has 0 aromatic carbocycles. The van der Waals surface area contributed by atoms with Gasteiger partial charge in [0.1, 0.15) is 5.60 Å². The highest BCUT2D eigenvalue weighted by molar-refractivity contribution is 5.68. The van der Waals surface area contributed by atoms with Crippen molar-refractivity contribution in [3.63, 3.8) is 0 Å². The molecule has 0 radical (unpaired) electrons. The second kappa shape index (κ2) is 5.71. The van der Waals surface area contributed by atoms with Crippen LogP contribution < -0.4 is 5.32 Å². The van der Waals surface area contributed by atoms with Gasteiger partial charge >= 0.3 is 6.09 Å². The molecule has 100 valence electrons. The van der Waals surface area contributed by atoms with Crippen LogP contribution in [0.4, 0.5) is 4.79 Å². The molecule has 17 heavy (non-hydrogen) atoms. The molecule has 2 atom stereocenters. The Labute approximate surface area is 105 Å². The predicted octanol–water partition coefficient (Wildman–Crippen LogP) is 2.24. The topological polar surface area (TPSA) is 41.6 Å². The number of nitrogens with zero attached hydrogens (tertiary/aromatic N) is 1. The van der Waals surface area contributed by atoms with Gasteiger partial charge in [0.2, 0.25) is 0 Å². The fraction of sp³-hybridized carbons (Fsp3) is 0.923. The van der Waals surface area contributed by atoms with Crippen LogP contribution in [0.1, 0.15) is 41.0 Å². The average Bonchev–Trinajstić information content (AvgIpc) is 2.25. The Morgan fingerprint density at radius 1 is 1.53 bits per heavy atom. The highest BCUT2D eigenvalue weighted by Crippen LogP contribution is 2.19. The summed E-state index contributed by atoms with van der Waals surface area (Å²) in [5, 5.41) is 3.35. The number of carbonyl (C=O) groups is 1. The van der Waals surface area contributed by atoms with E-state index in [9.17, 15) is 4.79 Å². The van der Waals surface area contributed by atoms with Gasteiger partial charge in [-0.3, -0.25) is 0 Å². The number of piperazine rings is 1. The minimum absolute atomic E-state index is 0.177. The van der Waals surface area contributed by atoms with Gasteiger partial charge in [-0.1, -0.05) is 20.3 Å². The number of hydrogen-bond donors (Lipinski definition) is 1. The summed E-state index contributed by atoms with van der Waals surface area (Å²) >= 11 is 0. The molecule has 0 unspecified atom stereocenters. The third kappa shape index (κ3) is 4.19. The molecule has 0 aromatic heterocycles. The Hall–Kier alpha value is -0.770. The van der Waals surface area contributed by atoms with Crippen molar-refractivity contribution in [2.45, 2.75) is 52.7 Å². The van der Waals surface area contributed by atoms with E-state index in [1.807, 2.05) is 25.7 Å². The lowest BCUT2D eigenvalue weighted by molar-refractivity contribution is 0.00525. The lowest BCUT2D eigenvalue weighted by Crippen LogP contribution is -2.56. The first-order valence-electron chi connectivity index (χ1n) is 6.55. The lowest BCUT2D eigenvalue weighted by atomic mass is 9.96. The van der Waals surface area contributed by atoms with Gasteiger partial charge in [0.15, 0.2) is 0 Å². The molecule has 1 aliphatic rings. The number of hydrogen-bond acceptors (Lipinski definition) is 3. The van der Waals surface area contributed by atoms with Crippen molar-refractivity contribution in [3.8, 4) is 0 Å². The van der Waals surface area contributed by atoms with Crippen molar-refractivity contribution >= 4 is 6.09 Å². The molecule has 1 aliphatic heterocycles. The summed E-state index contributed by atoms with van der Waals surface area (Å²) in [5.41, 5.74) is -0.415. The van der Waals surface area contributed by atoms with Gasteiger partial charge in [-0.25, -0.2) is 4.79 Å². The van der Waals surface area contributed by atoms with E-state index in [0.29, 0.717) is 5.92 Å². The summed E-state index contributed by atoms with van der Waals surface area (Å²) in [6, 6.07) is 0.253. The van der Waals surface area contributed by atoms with E-state index in [4.69, 9.17) is 4.74 Å². The van der Waals surface area contributed by atoms with E-state index < -0.39 is 5.60 Å². The van der Waals surface area contributed by atoms with E-state index in [1.165, 1.54) is 0 Å². The Balaban J connectivity index is 2.67. The van der Waals surface area contributed by atoms with E-state index >= 15 is 0 Å². The molecule has 1 heterocycles. The SMILES string of the molecule is CC[C@@H](C)[C@@H]1CNCCN1C(=O)OC(C)(C)C. The van der Waals surface area contributed by atoms with Crippen molar-refractivity contribution in [1.29, 1.82) is 0 Å². The predicted molar refractivity (Wildman–Crippen MR) is 69.1 cm³/mol. The molecular weight excluding hydrogens is 216 g/mol. The number of ether oxygens (including phenoxy) is 1. The number of nitrogens with one attached hydrogen (secondary N) is 1. The molecule has 0 aromatic rings. The van der Waals surface area contributed by atoms with Gasteiger partial charge in [-0.05, 0) is 26.7 Å². The van der Waals surface area contributed by atoms with Crippen molar-refractivity contribution in [2.24, 2.45) is 5.92 Å². The van der Waals surface area contributed by atoms with E-state index in [1.54, 1.807) is 0 Å². The normalized spacial score (nSPS) is 23.4. The molecule has 0 spiro atoms. The van der Waals surface area contributed by atoms with Crippen LogP contribution in [0.5, 0.6) is 0 Å². The second-order valence-corrected chi connectivity index (χ2v) is 5.83. The van der Waals surface area contributed by atoms with Crippen LogP contribution in [0.3, 0.4) is 0 Å². The highest BCUT2D eigenvalue weighted by atomic mass is 16.6. The van der Waals surface area contributed by atoms with Crippen LogP contribution in [0.2, 0.25) is 0 Å². The molecule has 0 saturated carbocycles. The summed E-state index contributed by atoms with van der Waals surface area (Å²) in [6.45, 7) is 12.5. The van der Waals surface area contributed by atoms with E-state index in [2.05, 4.69) is 19.2 Å². The monoisotopic (exact) mass is 242 g/mol. The molecule has 1 amide bonds. The zero-order valence-corrected chi connectivity index (χ0v) is 11.7. The van der Waals surface area contributed by atoms with Crippen LogP contribution >= 0.6 is 0 Å². The maximum atomic E-state index is 12.1. The van der Waals surface area contributed by atoms with E-state index in [-0.39, 0.29) is 12.1 Å². The maximum absolute atomic E-state index is 12.1. The molecule has 1 rings (SSSR count). The quantitative estimate of drug-likeness (QED) is 0.807. The summed E-state index contributed by atoms with van der Waals surface area (Å²) in [4.78, 5) is 14.0. The smallest absolute Gasteiger partial charge is 0.410 e. The minimum atomic E-state index is -0.415. The standard InChI is InChI=1S/C13H26N2O2/c1-6-10(2)11-9-14-7-8-15(11)12(16)17-13(3,4)5/h10-11,14H,6-9H2,1-5H3/t10-,11+/m1/s1. The van der Waals surface area contributed by atoms with Gasteiger partial charge in [0.25, 0.3) is 0 Å². The first kappa shape index (κ1) is 14.3. The van der Waals surface area contributed by atoms with Gasteiger partial charge < -0.3 is 15.0 Å². The van der Waals surface area contributed by atoms with Gasteiger partial charge in [0, 0.05) is 19.6 Å². The maximum Gasteiger partial charge on any atom is 0.410 e. The third-order valence-corrected chi connectivity index (χ3v) is 3.21. The van der Waals surface area contributed by atoms with E-state index in [0.717, 1.165) is 26.1 Å². The summed E-state index contributed by atoms with van der Waals surface area (Å²) in [6.07, 6.45) is 0.898.